The Kier molecular flexibility index (Phi) is 3.45. The summed E-state index contributed by atoms with van der Waals surface area (Å²) in [6.45, 7) is 2.98. The molecule has 6 heteroatoms. The van der Waals surface area contributed by atoms with Gasteiger partial charge in [-0.1, -0.05) is 0 Å². The third-order valence-corrected chi connectivity index (χ3v) is 3.59. The topological polar surface area (TPSA) is 66.8 Å². The van der Waals surface area contributed by atoms with Crippen molar-refractivity contribution in [3.05, 3.63) is 36.2 Å². The first-order chi connectivity index (χ1) is 9.78. The molecule has 0 amide bonds. The predicted octanol–water partition coefficient (Wildman–Crippen LogP) is 1.96. The molecular formula is C14H18N6. The van der Waals surface area contributed by atoms with Crippen LogP contribution in [0.2, 0.25) is 0 Å². The molecule has 3 heterocycles. The molecule has 6 nitrogen and oxygen atoms in total. The molecule has 1 atom stereocenters. The number of nitrogens with zero attached hydrogens (tertiary/aromatic N) is 5. The highest BCUT2D eigenvalue weighted by atomic mass is 15.2. The molecule has 3 rings (SSSR count). The second kappa shape index (κ2) is 5.40. The molecule has 1 aliphatic rings. The van der Waals surface area contributed by atoms with E-state index in [2.05, 4.69) is 30.2 Å². The Bertz CT molecular complexity index is 600. The monoisotopic (exact) mass is 270 g/mol. The van der Waals surface area contributed by atoms with Gasteiger partial charge in [-0.3, -0.25) is 4.98 Å². The standard InChI is InChI=1S/C14H18N6/c1-10-6-14(18-9-17-10)20-5-3-4-12(20)11-7-16-8-13(15-2)19-11/h6-9,12H,3-5H2,1-2H3,(H,15,19)/t12-/m0/s1. The average Bonchev–Trinajstić information content (AvgIpc) is 2.97. The summed E-state index contributed by atoms with van der Waals surface area (Å²) in [5.41, 5.74) is 1.97. The number of nitrogens with one attached hydrogen (secondary N) is 1. The molecule has 0 bridgehead atoms. The van der Waals surface area contributed by atoms with Gasteiger partial charge in [0.1, 0.15) is 18.0 Å². The molecule has 1 N–H and O–H groups in total. The van der Waals surface area contributed by atoms with Crippen LogP contribution in [0.1, 0.15) is 30.3 Å². The fourth-order valence-corrected chi connectivity index (χ4v) is 2.61. The van der Waals surface area contributed by atoms with Crippen LogP contribution in [-0.4, -0.2) is 33.5 Å². The van der Waals surface area contributed by atoms with E-state index in [1.165, 1.54) is 0 Å². The lowest BCUT2D eigenvalue weighted by Gasteiger charge is -2.25. The molecule has 0 spiro atoms. The number of hydrogen-bond donors (Lipinski definition) is 1. The zero-order valence-electron chi connectivity index (χ0n) is 11.7. The Morgan fingerprint density at radius 1 is 1.30 bits per heavy atom. The third kappa shape index (κ3) is 2.41. The van der Waals surface area contributed by atoms with Gasteiger partial charge in [-0.05, 0) is 19.8 Å². The lowest BCUT2D eigenvalue weighted by molar-refractivity contribution is 0.682. The van der Waals surface area contributed by atoms with Crippen LogP contribution in [0.3, 0.4) is 0 Å². The minimum absolute atomic E-state index is 0.241. The van der Waals surface area contributed by atoms with Crippen molar-refractivity contribution in [1.29, 1.82) is 0 Å². The van der Waals surface area contributed by atoms with Gasteiger partial charge in [0.05, 0.1) is 24.1 Å². The largest absolute Gasteiger partial charge is 0.372 e. The smallest absolute Gasteiger partial charge is 0.144 e. The van der Waals surface area contributed by atoms with Gasteiger partial charge in [-0.2, -0.15) is 0 Å². The van der Waals surface area contributed by atoms with Crippen molar-refractivity contribution in [2.24, 2.45) is 0 Å². The number of aromatic nitrogens is 4. The molecular weight excluding hydrogens is 252 g/mol. The molecule has 0 aliphatic carbocycles. The second-order valence-corrected chi connectivity index (χ2v) is 4.95. The number of rotatable bonds is 3. The second-order valence-electron chi connectivity index (χ2n) is 4.95. The van der Waals surface area contributed by atoms with Crippen molar-refractivity contribution in [3.63, 3.8) is 0 Å². The summed E-state index contributed by atoms with van der Waals surface area (Å²) in [5.74, 6) is 1.77. The van der Waals surface area contributed by atoms with Crippen LogP contribution < -0.4 is 10.2 Å². The molecule has 1 saturated heterocycles. The highest BCUT2D eigenvalue weighted by molar-refractivity contribution is 5.43. The molecule has 1 fully saturated rings. The van der Waals surface area contributed by atoms with Crippen molar-refractivity contribution in [3.8, 4) is 0 Å². The van der Waals surface area contributed by atoms with Crippen molar-refractivity contribution >= 4 is 11.6 Å². The Labute approximate surface area is 118 Å². The van der Waals surface area contributed by atoms with Crippen LogP contribution in [0.25, 0.3) is 0 Å². The van der Waals surface area contributed by atoms with E-state index in [9.17, 15) is 0 Å². The SMILES string of the molecule is CNc1cncc([C@@H]2CCCN2c2cc(C)ncn2)n1. The van der Waals surface area contributed by atoms with Crippen LogP contribution >= 0.6 is 0 Å². The number of aryl methyl sites for hydroxylation is 1. The summed E-state index contributed by atoms with van der Waals surface area (Å²) >= 11 is 0. The van der Waals surface area contributed by atoms with E-state index in [4.69, 9.17) is 0 Å². The molecule has 1 aliphatic heterocycles. The van der Waals surface area contributed by atoms with E-state index in [-0.39, 0.29) is 6.04 Å². The highest BCUT2D eigenvalue weighted by Crippen LogP contribution is 2.34. The number of anilines is 2. The Morgan fingerprint density at radius 2 is 2.20 bits per heavy atom. The van der Waals surface area contributed by atoms with Crippen molar-refractivity contribution in [1.82, 2.24) is 19.9 Å². The number of hydrogen-bond acceptors (Lipinski definition) is 6. The van der Waals surface area contributed by atoms with Crippen molar-refractivity contribution < 1.29 is 0 Å². The van der Waals surface area contributed by atoms with Crippen LogP contribution in [-0.2, 0) is 0 Å². The predicted molar refractivity (Wildman–Crippen MR) is 77.7 cm³/mol. The van der Waals surface area contributed by atoms with Gasteiger partial charge in [0, 0.05) is 25.4 Å². The summed E-state index contributed by atoms with van der Waals surface area (Å²) in [6, 6.07) is 2.26. The molecule has 2 aromatic rings. The first-order valence-corrected chi connectivity index (χ1v) is 6.83. The van der Waals surface area contributed by atoms with E-state index in [0.29, 0.717) is 0 Å². The van der Waals surface area contributed by atoms with Crippen LogP contribution in [0.4, 0.5) is 11.6 Å². The summed E-state index contributed by atoms with van der Waals surface area (Å²) in [6.07, 6.45) is 7.41. The zero-order chi connectivity index (χ0) is 13.9. The van der Waals surface area contributed by atoms with E-state index in [1.54, 1.807) is 12.5 Å². The van der Waals surface area contributed by atoms with E-state index in [0.717, 1.165) is 42.4 Å². The van der Waals surface area contributed by atoms with Gasteiger partial charge >= 0.3 is 0 Å². The molecule has 0 saturated carbocycles. The zero-order valence-corrected chi connectivity index (χ0v) is 11.7. The normalized spacial score (nSPS) is 18.3. The fraction of sp³-hybridized carbons (Fsp3) is 0.429. The van der Waals surface area contributed by atoms with Crippen molar-refractivity contribution in [2.75, 3.05) is 23.8 Å². The molecule has 0 aromatic carbocycles. The maximum atomic E-state index is 4.61. The molecule has 104 valence electrons. The Hall–Kier alpha value is -2.24. The van der Waals surface area contributed by atoms with Crippen molar-refractivity contribution in [2.45, 2.75) is 25.8 Å². The average molecular weight is 270 g/mol. The highest BCUT2D eigenvalue weighted by Gasteiger charge is 2.28. The van der Waals surface area contributed by atoms with Gasteiger partial charge < -0.3 is 10.2 Å². The minimum Gasteiger partial charge on any atom is -0.372 e. The minimum atomic E-state index is 0.241. The van der Waals surface area contributed by atoms with E-state index < -0.39 is 0 Å². The Balaban J connectivity index is 1.92. The quantitative estimate of drug-likeness (QED) is 0.919. The van der Waals surface area contributed by atoms with Crippen LogP contribution in [0.15, 0.2) is 24.8 Å². The van der Waals surface area contributed by atoms with E-state index in [1.807, 2.05) is 26.2 Å². The van der Waals surface area contributed by atoms with Gasteiger partial charge in [0.15, 0.2) is 0 Å². The van der Waals surface area contributed by atoms with Gasteiger partial charge in [-0.25, -0.2) is 15.0 Å². The maximum absolute atomic E-state index is 4.61. The third-order valence-electron chi connectivity index (χ3n) is 3.59. The first-order valence-electron chi connectivity index (χ1n) is 6.83. The molecule has 0 unspecified atom stereocenters. The van der Waals surface area contributed by atoms with Gasteiger partial charge in [0.2, 0.25) is 0 Å². The summed E-state index contributed by atoms with van der Waals surface area (Å²) in [4.78, 5) is 19.7. The van der Waals surface area contributed by atoms with Gasteiger partial charge in [0.25, 0.3) is 0 Å². The summed E-state index contributed by atoms with van der Waals surface area (Å²) < 4.78 is 0. The van der Waals surface area contributed by atoms with Gasteiger partial charge in [-0.15, -0.1) is 0 Å². The fourth-order valence-electron chi connectivity index (χ4n) is 2.61. The summed E-state index contributed by atoms with van der Waals surface area (Å²) in [7, 11) is 1.86. The van der Waals surface area contributed by atoms with Crippen LogP contribution in [0.5, 0.6) is 0 Å². The van der Waals surface area contributed by atoms with E-state index >= 15 is 0 Å². The molecule has 2 aromatic heterocycles. The Morgan fingerprint density at radius 3 is 3.00 bits per heavy atom. The lowest BCUT2D eigenvalue weighted by atomic mass is 10.1. The maximum Gasteiger partial charge on any atom is 0.144 e. The van der Waals surface area contributed by atoms with Crippen LogP contribution in [0, 0.1) is 6.92 Å². The summed E-state index contributed by atoms with van der Waals surface area (Å²) in [5, 5.41) is 3.04. The molecule has 0 radical (unpaired) electrons. The first kappa shape index (κ1) is 12.8. The lowest BCUT2D eigenvalue weighted by Crippen LogP contribution is -2.24. The molecule has 20 heavy (non-hydrogen) atoms.